The normalized spacial score (nSPS) is 51.5. The molecule has 0 radical (unpaired) electrons. The minimum atomic E-state index is -1.40. The Morgan fingerprint density at radius 1 is 1.12 bits per heavy atom. The third-order valence-electron chi connectivity index (χ3n) is 8.06. The third-order valence-corrected chi connectivity index (χ3v) is 8.06. The van der Waals surface area contributed by atoms with Gasteiger partial charge in [-0.3, -0.25) is 0 Å². The number of carbonyl (C=O) groups is 1. The van der Waals surface area contributed by atoms with E-state index in [0.717, 1.165) is 25.7 Å². The van der Waals surface area contributed by atoms with Crippen molar-refractivity contribution in [2.45, 2.75) is 83.7 Å². The molecular formula is C20H30O5. The van der Waals surface area contributed by atoms with E-state index in [2.05, 4.69) is 20.8 Å². The van der Waals surface area contributed by atoms with Crippen molar-refractivity contribution in [3.8, 4) is 0 Å². The molecule has 1 aliphatic heterocycles. The van der Waals surface area contributed by atoms with Gasteiger partial charge in [0.05, 0.1) is 0 Å². The van der Waals surface area contributed by atoms with Crippen molar-refractivity contribution in [1.29, 1.82) is 0 Å². The van der Waals surface area contributed by atoms with Gasteiger partial charge in [0.25, 0.3) is 0 Å². The number of carbonyl (C=O) groups excluding carboxylic acids is 1. The summed E-state index contributed by atoms with van der Waals surface area (Å²) in [7, 11) is 0. The summed E-state index contributed by atoms with van der Waals surface area (Å²) in [6.07, 6.45) is 1.40. The largest absolute Gasteiger partial charge is 0.452 e. The fourth-order valence-electron chi connectivity index (χ4n) is 7.01. The summed E-state index contributed by atoms with van der Waals surface area (Å²) >= 11 is 0. The standard InChI is InChI=1S/C20H30O5/c1-10-12-14(25-17(10)23)13(21)15-19(4)8-5-7-18(2,3)11(19)6-9-20(15,24)16(12)22/h11,13-16,21-22,24H,5-9H2,1-4H3/t11-,13+,14+,15+,16+,19-,20+/m0/s1. The zero-order valence-corrected chi connectivity index (χ0v) is 15.6. The molecule has 25 heavy (non-hydrogen) atoms. The van der Waals surface area contributed by atoms with E-state index >= 15 is 0 Å². The molecule has 0 spiro atoms. The van der Waals surface area contributed by atoms with Crippen LogP contribution >= 0.6 is 0 Å². The predicted octanol–water partition coefficient (Wildman–Crippen LogP) is 1.94. The highest BCUT2D eigenvalue weighted by atomic mass is 16.6. The molecule has 0 saturated heterocycles. The molecule has 3 N–H and O–H groups in total. The molecule has 0 aromatic carbocycles. The maximum atomic E-state index is 12.0. The Balaban J connectivity index is 1.84. The first-order valence-electron chi connectivity index (χ1n) is 9.54. The smallest absolute Gasteiger partial charge is 0.334 e. The summed E-state index contributed by atoms with van der Waals surface area (Å²) in [5.41, 5.74) is -0.840. The number of aliphatic hydroxyl groups is 3. The third kappa shape index (κ3) is 2.03. The molecule has 4 rings (SSSR count). The second kappa shape index (κ2) is 5.08. The average molecular weight is 350 g/mol. The zero-order valence-electron chi connectivity index (χ0n) is 15.6. The zero-order chi connectivity index (χ0) is 18.4. The van der Waals surface area contributed by atoms with Crippen LogP contribution in [0.1, 0.15) is 59.8 Å². The molecule has 0 amide bonds. The summed E-state index contributed by atoms with van der Waals surface area (Å²) in [6, 6.07) is 0. The van der Waals surface area contributed by atoms with Crippen LogP contribution in [0.3, 0.4) is 0 Å². The number of hydrogen-bond donors (Lipinski definition) is 3. The van der Waals surface area contributed by atoms with E-state index in [0.29, 0.717) is 23.5 Å². The second-order valence-corrected chi connectivity index (χ2v) is 9.71. The van der Waals surface area contributed by atoms with Crippen molar-refractivity contribution in [2.24, 2.45) is 22.7 Å². The summed E-state index contributed by atoms with van der Waals surface area (Å²) in [5, 5.41) is 33.8. The van der Waals surface area contributed by atoms with Gasteiger partial charge >= 0.3 is 5.97 Å². The van der Waals surface area contributed by atoms with E-state index in [4.69, 9.17) is 4.74 Å². The van der Waals surface area contributed by atoms with Crippen molar-refractivity contribution in [3.05, 3.63) is 11.1 Å². The van der Waals surface area contributed by atoms with Gasteiger partial charge in [-0.1, -0.05) is 27.2 Å². The molecule has 5 nitrogen and oxygen atoms in total. The second-order valence-electron chi connectivity index (χ2n) is 9.71. The van der Waals surface area contributed by atoms with Crippen molar-refractivity contribution < 1.29 is 24.9 Å². The van der Waals surface area contributed by atoms with Crippen LogP contribution in [0.25, 0.3) is 0 Å². The lowest BCUT2D eigenvalue weighted by molar-refractivity contribution is -0.259. The van der Waals surface area contributed by atoms with Gasteiger partial charge in [0, 0.05) is 17.1 Å². The molecule has 1 heterocycles. The quantitative estimate of drug-likeness (QED) is 0.581. The summed E-state index contributed by atoms with van der Waals surface area (Å²) in [5.74, 6) is -0.628. The van der Waals surface area contributed by atoms with Gasteiger partial charge in [-0.2, -0.15) is 0 Å². The molecule has 0 aromatic heterocycles. The Hall–Kier alpha value is -0.910. The molecule has 3 fully saturated rings. The molecule has 140 valence electrons. The topological polar surface area (TPSA) is 87.0 Å². The Morgan fingerprint density at radius 3 is 2.48 bits per heavy atom. The minimum Gasteiger partial charge on any atom is -0.452 e. The van der Waals surface area contributed by atoms with Crippen LogP contribution in [-0.2, 0) is 9.53 Å². The number of ether oxygens (including phenoxy) is 1. The average Bonchev–Trinajstić information content (AvgIpc) is 2.80. The van der Waals surface area contributed by atoms with E-state index in [-0.39, 0.29) is 10.8 Å². The van der Waals surface area contributed by atoms with Crippen molar-refractivity contribution in [3.63, 3.8) is 0 Å². The van der Waals surface area contributed by atoms with Crippen molar-refractivity contribution >= 4 is 5.97 Å². The van der Waals surface area contributed by atoms with Crippen LogP contribution in [-0.4, -0.2) is 45.2 Å². The highest BCUT2D eigenvalue weighted by Gasteiger charge is 2.69. The first-order valence-corrected chi connectivity index (χ1v) is 9.54. The first kappa shape index (κ1) is 17.5. The lowest BCUT2D eigenvalue weighted by Gasteiger charge is -2.65. The van der Waals surface area contributed by atoms with Crippen LogP contribution in [0.5, 0.6) is 0 Å². The van der Waals surface area contributed by atoms with Gasteiger partial charge in [-0.15, -0.1) is 0 Å². The fourth-order valence-corrected chi connectivity index (χ4v) is 7.01. The predicted molar refractivity (Wildman–Crippen MR) is 91.5 cm³/mol. The lowest BCUT2D eigenvalue weighted by atomic mass is 9.42. The van der Waals surface area contributed by atoms with E-state index in [9.17, 15) is 20.1 Å². The Labute approximate surface area is 149 Å². The van der Waals surface area contributed by atoms with E-state index in [1.165, 1.54) is 0 Å². The van der Waals surface area contributed by atoms with Gasteiger partial charge in [-0.25, -0.2) is 4.79 Å². The Kier molecular flexibility index (Phi) is 3.56. The summed E-state index contributed by atoms with van der Waals surface area (Å²) in [6.45, 7) is 8.31. The van der Waals surface area contributed by atoms with Crippen LogP contribution in [0.15, 0.2) is 11.1 Å². The summed E-state index contributed by atoms with van der Waals surface area (Å²) < 4.78 is 5.40. The number of rotatable bonds is 0. The van der Waals surface area contributed by atoms with Crippen molar-refractivity contribution in [2.75, 3.05) is 0 Å². The number of hydrogen-bond acceptors (Lipinski definition) is 5. The summed E-state index contributed by atoms with van der Waals surface area (Å²) in [4.78, 5) is 12.0. The molecule has 5 heteroatoms. The SMILES string of the molecule is CC1=C2[C@@H](OC1=O)[C@@H](O)[C@@H]1[C@@]3(C)CCCC(C)(C)[C@@H]3CC[C@]1(O)[C@@H]2O. The highest BCUT2D eigenvalue weighted by molar-refractivity contribution is 5.92. The van der Waals surface area contributed by atoms with Gasteiger partial charge in [0.2, 0.25) is 0 Å². The molecule has 0 bridgehead atoms. The van der Waals surface area contributed by atoms with Crippen LogP contribution < -0.4 is 0 Å². The monoisotopic (exact) mass is 350 g/mol. The first-order chi connectivity index (χ1) is 11.5. The van der Waals surface area contributed by atoms with Crippen LogP contribution in [0, 0.1) is 22.7 Å². The van der Waals surface area contributed by atoms with Crippen LogP contribution in [0.2, 0.25) is 0 Å². The van der Waals surface area contributed by atoms with Crippen LogP contribution in [0.4, 0.5) is 0 Å². The van der Waals surface area contributed by atoms with Gasteiger partial charge in [0.15, 0.2) is 6.10 Å². The van der Waals surface area contributed by atoms with Crippen molar-refractivity contribution in [1.82, 2.24) is 0 Å². The Morgan fingerprint density at radius 2 is 1.80 bits per heavy atom. The fraction of sp³-hybridized carbons (Fsp3) is 0.850. The number of fused-ring (bicyclic) bond motifs is 4. The molecule has 0 unspecified atom stereocenters. The molecular weight excluding hydrogens is 320 g/mol. The highest BCUT2D eigenvalue weighted by Crippen LogP contribution is 2.65. The van der Waals surface area contributed by atoms with E-state index in [1.54, 1.807) is 6.92 Å². The van der Waals surface area contributed by atoms with E-state index in [1.807, 2.05) is 0 Å². The lowest BCUT2D eigenvalue weighted by Crippen LogP contribution is -2.71. The molecule has 3 aliphatic carbocycles. The number of aliphatic hydroxyl groups excluding tert-OH is 2. The van der Waals surface area contributed by atoms with E-state index < -0.39 is 35.8 Å². The molecule has 0 aromatic rings. The minimum absolute atomic E-state index is 0.136. The molecule has 4 aliphatic rings. The van der Waals surface area contributed by atoms with Gasteiger partial charge < -0.3 is 20.1 Å². The maximum Gasteiger partial charge on any atom is 0.334 e. The molecule has 3 saturated carbocycles. The maximum absolute atomic E-state index is 12.0. The molecule has 7 atom stereocenters. The Bertz CT molecular complexity index is 652. The van der Waals surface area contributed by atoms with Gasteiger partial charge in [-0.05, 0) is 49.4 Å². The number of esters is 1. The van der Waals surface area contributed by atoms with Gasteiger partial charge in [0.1, 0.15) is 17.8 Å².